The van der Waals surface area contributed by atoms with E-state index in [1.165, 1.54) is 29.5 Å². The van der Waals surface area contributed by atoms with Crippen LogP contribution in [-0.2, 0) is 10.0 Å². The summed E-state index contributed by atoms with van der Waals surface area (Å²) in [6.07, 6.45) is 10.5. The summed E-state index contributed by atoms with van der Waals surface area (Å²) in [6, 6.07) is 3.88. The molecular formula is C30H28ClF3N6O3S2. The van der Waals surface area contributed by atoms with Crippen molar-refractivity contribution in [3.05, 3.63) is 74.8 Å². The number of aromatic nitrogens is 3. The molecule has 6 atom stereocenters. The first-order valence-electron chi connectivity index (χ1n) is 14.5. The minimum atomic E-state index is -3.85. The van der Waals surface area contributed by atoms with Gasteiger partial charge in [0.05, 0.1) is 10.9 Å². The summed E-state index contributed by atoms with van der Waals surface area (Å²) < 4.78 is 72.3. The van der Waals surface area contributed by atoms with Gasteiger partial charge in [0.2, 0.25) is 10.0 Å². The molecule has 1 saturated heterocycles. The number of nitrogens with zero attached hydrogens (tertiary/aromatic N) is 5. The Morgan fingerprint density at radius 3 is 2.60 bits per heavy atom. The number of sulfonamides is 1. The third-order valence-electron chi connectivity index (χ3n) is 9.43. The van der Waals surface area contributed by atoms with E-state index in [1.807, 2.05) is 4.90 Å². The van der Waals surface area contributed by atoms with E-state index < -0.39 is 45.3 Å². The molecule has 2 saturated carbocycles. The van der Waals surface area contributed by atoms with Crippen LogP contribution in [0, 0.1) is 30.0 Å². The molecule has 4 heterocycles. The molecule has 2 aliphatic carbocycles. The Labute approximate surface area is 266 Å². The highest BCUT2D eigenvalue weighted by molar-refractivity contribution is 7.90. The van der Waals surface area contributed by atoms with Gasteiger partial charge in [-0.05, 0) is 43.9 Å². The van der Waals surface area contributed by atoms with Crippen LogP contribution in [0.1, 0.15) is 61.0 Å². The molecule has 236 valence electrons. The average Bonchev–Trinajstić information content (AvgIpc) is 3.79. The fraction of sp³-hybridized carbons (Fsp3) is 0.433. The molecule has 4 aliphatic rings. The fourth-order valence-electron chi connectivity index (χ4n) is 7.35. The summed E-state index contributed by atoms with van der Waals surface area (Å²) in [5.74, 6) is 1.85. The maximum Gasteiger partial charge on any atom is 0.333 e. The summed E-state index contributed by atoms with van der Waals surface area (Å²) in [7, 11) is -3.85. The van der Waals surface area contributed by atoms with Gasteiger partial charge in [0.15, 0.2) is 10.8 Å². The molecule has 2 aromatic heterocycles. The van der Waals surface area contributed by atoms with Crippen LogP contribution in [0.15, 0.2) is 52.7 Å². The SMILES string of the molecule is C#CC1(O)C2CC[C@H]1C[C@H](S(=O)(=O)N[C@H]1CC3=C(c4ccn(C(F)F)n4)[C@H](c4ccc(F)cc4Cl)N=C(c4nccs4)N3C1)C2. The van der Waals surface area contributed by atoms with E-state index in [4.69, 9.17) is 23.0 Å². The molecule has 15 heteroatoms. The first-order chi connectivity index (χ1) is 21.5. The molecule has 3 fully saturated rings. The van der Waals surface area contributed by atoms with Gasteiger partial charge in [-0.1, -0.05) is 23.6 Å². The highest BCUT2D eigenvalue weighted by Gasteiger charge is 2.55. The monoisotopic (exact) mass is 676 g/mol. The largest absolute Gasteiger partial charge is 0.377 e. The molecule has 2 unspecified atom stereocenters. The van der Waals surface area contributed by atoms with Gasteiger partial charge < -0.3 is 10.0 Å². The van der Waals surface area contributed by atoms with E-state index in [-0.39, 0.29) is 48.4 Å². The zero-order chi connectivity index (χ0) is 31.7. The smallest absolute Gasteiger partial charge is 0.333 e. The number of alkyl halides is 2. The zero-order valence-electron chi connectivity index (χ0n) is 23.7. The third-order valence-corrected chi connectivity index (χ3v) is 12.4. The van der Waals surface area contributed by atoms with Crippen LogP contribution in [0.5, 0.6) is 0 Å². The predicted octanol–water partition coefficient (Wildman–Crippen LogP) is 4.99. The van der Waals surface area contributed by atoms with Crippen LogP contribution < -0.4 is 4.72 Å². The maximum atomic E-state index is 14.1. The Balaban J connectivity index is 1.28. The van der Waals surface area contributed by atoms with Crippen LogP contribution in [0.4, 0.5) is 13.2 Å². The Kier molecular flexibility index (Phi) is 7.60. The summed E-state index contributed by atoms with van der Waals surface area (Å²) >= 11 is 7.86. The number of hydrogen-bond acceptors (Lipinski definition) is 8. The topological polar surface area (TPSA) is 113 Å². The lowest BCUT2D eigenvalue weighted by Gasteiger charge is -2.39. The van der Waals surface area contributed by atoms with E-state index in [9.17, 15) is 26.7 Å². The van der Waals surface area contributed by atoms with E-state index in [1.54, 1.807) is 11.6 Å². The quantitative estimate of drug-likeness (QED) is 0.341. The lowest BCUT2D eigenvalue weighted by atomic mass is 9.75. The molecule has 2 N–H and O–H groups in total. The van der Waals surface area contributed by atoms with Crippen LogP contribution in [0.25, 0.3) is 5.57 Å². The van der Waals surface area contributed by atoms with Crippen molar-refractivity contribution in [2.45, 2.75) is 61.6 Å². The van der Waals surface area contributed by atoms with Gasteiger partial charge in [-0.2, -0.15) is 13.9 Å². The highest BCUT2D eigenvalue weighted by Crippen LogP contribution is 2.51. The molecule has 2 aliphatic heterocycles. The lowest BCUT2D eigenvalue weighted by Crippen LogP contribution is -2.51. The normalized spacial score (nSPS) is 29.7. The fourth-order valence-corrected chi connectivity index (χ4v) is 10.0. The molecular weight excluding hydrogens is 649 g/mol. The summed E-state index contributed by atoms with van der Waals surface area (Å²) in [5.41, 5.74) is 0.446. The van der Waals surface area contributed by atoms with Crippen molar-refractivity contribution in [3.63, 3.8) is 0 Å². The minimum Gasteiger partial charge on any atom is -0.377 e. The molecule has 9 nitrogen and oxygen atoms in total. The molecule has 3 aromatic rings. The van der Waals surface area contributed by atoms with Crippen LogP contribution >= 0.6 is 22.9 Å². The van der Waals surface area contributed by atoms with E-state index in [0.29, 0.717) is 45.2 Å². The molecule has 0 amide bonds. The predicted molar refractivity (Wildman–Crippen MR) is 163 cm³/mol. The molecule has 2 bridgehead atoms. The Morgan fingerprint density at radius 2 is 1.98 bits per heavy atom. The number of thiazole rings is 1. The molecule has 7 rings (SSSR count). The second-order valence-corrected chi connectivity index (χ2v) is 15.2. The van der Waals surface area contributed by atoms with Gasteiger partial charge in [0, 0.05) is 70.5 Å². The Hall–Kier alpha value is -3.22. The second kappa shape index (κ2) is 11.2. The van der Waals surface area contributed by atoms with Gasteiger partial charge in [0.25, 0.3) is 0 Å². The van der Waals surface area contributed by atoms with Crippen LogP contribution in [-0.4, -0.2) is 62.5 Å². The van der Waals surface area contributed by atoms with Gasteiger partial charge in [-0.25, -0.2) is 27.2 Å². The van der Waals surface area contributed by atoms with Crippen molar-refractivity contribution in [2.24, 2.45) is 16.8 Å². The van der Waals surface area contributed by atoms with E-state index in [2.05, 4.69) is 20.7 Å². The van der Waals surface area contributed by atoms with E-state index in [0.717, 1.165) is 12.3 Å². The summed E-state index contributed by atoms with van der Waals surface area (Å²) in [6.45, 7) is -2.68. The van der Waals surface area contributed by atoms with Crippen LogP contribution in [0.3, 0.4) is 0 Å². The Morgan fingerprint density at radius 1 is 1.22 bits per heavy atom. The number of aliphatic imine (C=N–C) groups is 1. The summed E-state index contributed by atoms with van der Waals surface area (Å²) in [4.78, 5) is 11.3. The van der Waals surface area contributed by atoms with Crippen molar-refractivity contribution in [2.75, 3.05) is 6.54 Å². The minimum absolute atomic E-state index is 0.0937. The molecule has 0 spiro atoms. The van der Waals surface area contributed by atoms with E-state index >= 15 is 0 Å². The van der Waals surface area contributed by atoms with Crippen LogP contribution in [0.2, 0.25) is 5.02 Å². The number of fused-ring (bicyclic) bond motifs is 3. The molecule has 0 radical (unpaired) electrons. The number of aliphatic hydroxyl groups is 1. The summed E-state index contributed by atoms with van der Waals surface area (Å²) in [5, 5.41) is 16.8. The van der Waals surface area contributed by atoms with Crippen molar-refractivity contribution < 1.29 is 26.7 Å². The highest BCUT2D eigenvalue weighted by atomic mass is 35.5. The van der Waals surface area contributed by atoms with Gasteiger partial charge in [-0.15, -0.1) is 17.8 Å². The zero-order valence-corrected chi connectivity index (χ0v) is 26.0. The molecule has 1 aromatic carbocycles. The van der Waals surface area contributed by atoms with Crippen molar-refractivity contribution in [1.82, 2.24) is 24.4 Å². The van der Waals surface area contributed by atoms with Gasteiger partial charge in [-0.3, -0.25) is 4.99 Å². The number of terminal acetylenes is 1. The van der Waals surface area contributed by atoms with Crippen molar-refractivity contribution in [3.8, 4) is 12.3 Å². The number of hydrogen-bond donors (Lipinski definition) is 2. The number of rotatable bonds is 7. The number of nitrogens with one attached hydrogen (secondary N) is 1. The maximum absolute atomic E-state index is 14.1. The first kappa shape index (κ1) is 30.4. The number of halogens is 4. The Bertz CT molecular complexity index is 1840. The first-order valence-corrected chi connectivity index (χ1v) is 17.3. The average molecular weight is 677 g/mol. The van der Waals surface area contributed by atoms with Crippen molar-refractivity contribution >= 4 is 44.4 Å². The lowest BCUT2D eigenvalue weighted by molar-refractivity contribution is -0.00503. The van der Waals surface area contributed by atoms with Gasteiger partial charge >= 0.3 is 6.55 Å². The number of benzene rings is 1. The number of amidine groups is 1. The second-order valence-electron chi connectivity index (χ2n) is 11.9. The third kappa shape index (κ3) is 5.18. The standard InChI is InChI=1S/C30H28ClF3N6O3S2/c1-2-30(41)16-3-4-17(30)12-20(11-16)45(42,43)38-19-14-24-25(23-7-9-40(37-23)29(33)34)26(21-6-5-18(32)13-22(21)31)36-27(39(24)15-19)28-35-8-10-44-28/h1,5-10,13,16-17,19-20,26,29,38,41H,3-4,11-12,14-15H2/t16-,17?,19-,20-,26-,30?/m0/s1. The molecule has 45 heavy (non-hydrogen) atoms. The van der Waals surface area contributed by atoms with Crippen molar-refractivity contribution in [1.29, 1.82) is 0 Å². The van der Waals surface area contributed by atoms with Gasteiger partial charge in [0.1, 0.15) is 17.5 Å².